The number of hydrogen-bond donors (Lipinski definition) is 2. The van der Waals surface area contributed by atoms with Crippen molar-refractivity contribution < 1.29 is 10.2 Å². The van der Waals surface area contributed by atoms with Gasteiger partial charge in [-0.15, -0.1) is 0 Å². The van der Waals surface area contributed by atoms with Gasteiger partial charge < -0.3 is 10.2 Å². The maximum absolute atomic E-state index is 12.8. The smallest absolute Gasteiger partial charge is 0.261 e. The van der Waals surface area contributed by atoms with Gasteiger partial charge in [-0.05, 0) is 37.3 Å². The number of aliphatic hydroxyl groups is 2. The molecule has 6 heteroatoms. The monoisotopic (exact) mass is 361 g/mol. The summed E-state index contributed by atoms with van der Waals surface area (Å²) in [6.45, 7) is 2.15. The fraction of sp³-hybridized carbons (Fsp3) is 0.286. The highest BCUT2D eigenvalue weighted by molar-refractivity contribution is 5.79. The first kappa shape index (κ1) is 17.4. The van der Waals surface area contributed by atoms with E-state index < -0.39 is 5.79 Å². The summed E-state index contributed by atoms with van der Waals surface area (Å²) in [6, 6.07) is 9.09. The first-order chi connectivity index (χ1) is 12.9. The molecule has 0 atom stereocenters. The predicted molar refractivity (Wildman–Crippen MR) is 101 cm³/mol. The summed E-state index contributed by atoms with van der Waals surface area (Å²) < 4.78 is 1.54. The summed E-state index contributed by atoms with van der Waals surface area (Å²) in [5.41, 5.74) is 2.90. The third-order valence-electron chi connectivity index (χ3n) is 4.87. The summed E-state index contributed by atoms with van der Waals surface area (Å²) in [5.74, 6) is 5.02. The molecule has 4 rings (SSSR count). The first-order valence-corrected chi connectivity index (χ1v) is 8.85. The van der Waals surface area contributed by atoms with Crippen LogP contribution in [0.4, 0.5) is 0 Å². The lowest BCUT2D eigenvalue weighted by Gasteiger charge is -2.17. The fourth-order valence-corrected chi connectivity index (χ4v) is 3.25. The van der Waals surface area contributed by atoms with E-state index in [0.29, 0.717) is 23.1 Å². The van der Waals surface area contributed by atoms with E-state index in [2.05, 4.69) is 21.8 Å². The molecule has 3 aromatic rings. The van der Waals surface area contributed by atoms with E-state index in [4.69, 9.17) is 0 Å². The number of aryl methyl sites for hydroxylation is 2. The summed E-state index contributed by atoms with van der Waals surface area (Å²) >= 11 is 0. The number of benzene rings is 1. The Hall–Kier alpha value is -3.01. The lowest BCUT2D eigenvalue weighted by molar-refractivity contribution is -0.169. The van der Waals surface area contributed by atoms with Crippen molar-refractivity contribution in [3.63, 3.8) is 0 Å². The summed E-state index contributed by atoms with van der Waals surface area (Å²) in [7, 11) is 0. The molecule has 2 aromatic heterocycles. The largest absolute Gasteiger partial charge is 0.366 e. The molecule has 1 aliphatic rings. The number of fused-ring (bicyclic) bond motifs is 2. The van der Waals surface area contributed by atoms with Crippen LogP contribution in [0, 0.1) is 18.8 Å². The van der Waals surface area contributed by atoms with Gasteiger partial charge in [-0.3, -0.25) is 14.3 Å². The van der Waals surface area contributed by atoms with Crippen LogP contribution in [0.1, 0.15) is 35.5 Å². The minimum atomic E-state index is -1.76. The molecule has 2 N–H and O–H groups in total. The SMILES string of the molecule is Cc1ncccc1C#Cc1ccc2c(=O)n3c(nc2c1)CCC(O)(O)CC3. The van der Waals surface area contributed by atoms with Crippen molar-refractivity contribution in [1.29, 1.82) is 0 Å². The Labute approximate surface area is 156 Å². The van der Waals surface area contributed by atoms with Gasteiger partial charge in [0.05, 0.1) is 16.6 Å². The highest BCUT2D eigenvalue weighted by Gasteiger charge is 2.28. The molecule has 0 amide bonds. The van der Waals surface area contributed by atoms with E-state index in [1.807, 2.05) is 19.1 Å². The van der Waals surface area contributed by atoms with Crippen molar-refractivity contribution in [2.45, 2.75) is 38.5 Å². The molecular formula is C21H19N3O3. The molecule has 27 heavy (non-hydrogen) atoms. The third-order valence-corrected chi connectivity index (χ3v) is 4.87. The van der Waals surface area contributed by atoms with E-state index in [1.165, 1.54) is 0 Å². The molecule has 0 aliphatic carbocycles. The number of pyridine rings is 1. The van der Waals surface area contributed by atoms with Crippen molar-refractivity contribution in [2.75, 3.05) is 0 Å². The minimum absolute atomic E-state index is 0.112. The lowest BCUT2D eigenvalue weighted by atomic mass is 10.1. The molecule has 6 nitrogen and oxygen atoms in total. The van der Waals surface area contributed by atoms with Gasteiger partial charge in [0.15, 0.2) is 5.79 Å². The number of aromatic nitrogens is 3. The van der Waals surface area contributed by atoms with Crippen LogP contribution in [-0.4, -0.2) is 30.5 Å². The molecule has 0 unspecified atom stereocenters. The molecule has 0 fully saturated rings. The van der Waals surface area contributed by atoms with E-state index in [0.717, 1.165) is 16.8 Å². The Kier molecular flexibility index (Phi) is 4.27. The lowest BCUT2D eigenvalue weighted by Crippen LogP contribution is -2.29. The second-order valence-corrected chi connectivity index (χ2v) is 6.84. The van der Waals surface area contributed by atoms with Crippen LogP contribution in [0.2, 0.25) is 0 Å². The molecule has 3 heterocycles. The molecule has 0 saturated carbocycles. The van der Waals surface area contributed by atoms with Gasteiger partial charge in [0.25, 0.3) is 5.56 Å². The number of hydrogen-bond acceptors (Lipinski definition) is 5. The predicted octanol–water partition coefficient (Wildman–Crippen LogP) is 1.52. The Bertz CT molecular complexity index is 1150. The zero-order valence-electron chi connectivity index (χ0n) is 14.9. The van der Waals surface area contributed by atoms with Crippen LogP contribution in [0.25, 0.3) is 10.9 Å². The van der Waals surface area contributed by atoms with Crippen molar-refractivity contribution in [2.24, 2.45) is 0 Å². The normalized spacial score (nSPS) is 15.5. The quantitative estimate of drug-likeness (QED) is 0.468. The van der Waals surface area contributed by atoms with Gasteiger partial charge >= 0.3 is 0 Å². The van der Waals surface area contributed by atoms with Crippen LogP contribution in [0.3, 0.4) is 0 Å². The maximum atomic E-state index is 12.8. The molecule has 1 aromatic carbocycles. The second kappa shape index (κ2) is 6.62. The molecule has 0 bridgehead atoms. The van der Waals surface area contributed by atoms with Crippen LogP contribution in [-0.2, 0) is 13.0 Å². The Balaban J connectivity index is 1.76. The van der Waals surface area contributed by atoms with E-state index >= 15 is 0 Å². The Morgan fingerprint density at radius 3 is 2.85 bits per heavy atom. The third kappa shape index (κ3) is 3.47. The highest BCUT2D eigenvalue weighted by Crippen LogP contribution is 2.21. The summed E-state index contributed by atoms with van der Waals surface area (Å²) in [6.07, 6.45) is 2.34. The van der Waals surface area contributed by atoms with Crippen molar-refractivity contribution >= 4 is 10.9 Å². The van der Waals surface area contributed by atoms with Crippen LogP contribution >= 0.6 is 0 Å². The highest BCUT2D eigenvalue weighted by atomic mass is 16.5. The zero-order valence-corrected chi connectivity index (χ0v) is 14.9. The average molecular weight is 361 g/mol. The zero-order chi connectivity index (χ0) is 19.0. The number of nitrogens with zero attached hydrogens (tertiary/aromatic N) is 3. The Morgan fingerprint density at radius 1 is 1.19 bits per heavy atom. The molecule has 1 aliphatic heterocycles. The van der Waals surface area contributed by atoms with E-state index in [9.17, 15) is 15.0 Å². The molecule has 0 saturated heterocycles. The topological polar surface area (TPSA) is 88.2 Å². The maximum Gasteiger partial charge on any atom is 0.261 e. The van der Waals surface area contributed by atoms with Gasteiger partial charge in [0, 0.05) is 43.1 Å². The summed E-state index contributed by atoms with van der Waals surface area (Å²) in [4.78, 5) is 21.6. The molecule has 0 radical (unpaired) electrons. The van der Waals surface area contributed by atoms with Gasteiger partial charge in [-0.1, -0.05) is 11.8 Å². The van der Waals surface area contributed by atoms with Crippen LogP contribution in [0.15, 0.2) is 41.3 Å². The van der Waals surface area contributed by atoms with E-state index in [1.54, 1.807) is 29.0 Å². The van der Waals surface area contributed by atoms with Gasteiger partial charge in [-0.2, -0.15) is 0 Å². The average Bonchev–Trinajstić information content (AvgIpc) is 2.80. The summed E-state index contributed by atoms with van der Waals surface area (Å²) in [5, 5.41) is 20.3. The van der Waals surface area contributed by atoms with Crippen molar-refractivity contribution in [3.05, 3.63) is 69.5 Å². The van der Waals surface area contributed by atoms with E-state index in [-0.39, 0.29) is 24.9 Å². The second-order valence-electron chi connectivity index (χ2n) is 6.84. The molecular weight excluding hydrogens is 342 g/mol. The number of rotatable bonds is 0. The standard InChI is InChI=1S/C21H19N3O3/c1-14-16(3-2-11-22-14)6-4-15-5-7-17-18(13-15)23-19-8-9-21(26,27)10-12-24(19)20(17)25/h2-3,5,7,11,13,26-27H,8-10,12H2,1H3. The van der Waals surface area contributed by atoms with Gasteiger partial charge in [0.1, 0.15) is 5.82 Å². The Morgan fingerprint density at radius 2 is 2.04 bits per heavy atom. The molecule has 0 spiro atoms. The minimum Gasteiger partial charge on any atom is -0.366 e. The van der Waals surface area contributed by atoms with Crippen LogP contribution < -0.4 is 5.56 Å². The first-order valence-electron chi connectivity index (χ1n) is 8.85. The molecule has 136 valence electrons. The fourth-order valence-electron chi connectivity index (χ4n) is 3.25. The van der Waals surface area contributed by atoms with Gasteiger partial charge in [-0.25, -0.2) is 4.98 Å². The van der Waals surface area contributed by atoms with Crippen molar-refractivity contribution in [1.82, 2.24) is 14.5 Å². The van der Waals surface area contributed by atoms with Crippen molar-refractivity contribution in [3.8, 4) is 11.8 Å². The van der Waals surface area contributed by atoms with Crippen LogP contribution in [0.5, 0.6) is 0 Å². The van der Waals surface area contributed by atoms with Gasteiger partial charge in [0.2, 0.25) is 0 Å².